The number of aromatic nitrogens is 2. The van der Waals surface area contributed by atoms with Crippen LogP contribution in [0, 0.1) is 5.92 Å². The van der Waals surface area contributed by atoms with Gasteiger partial charge in [-0.3, -0.25) is 14.6 Å². The number of carbonyl (C=O) groups excluding carboxylic acids is 1. The normalized spacial score (nSPS) is 21.8. The van der Waals surface area contributed by atoms with E-state index in [1.807, 2.05) is 18.2 Å². The highest BCUT2D eigenvalue weighted by molar-refractivity contribution is 5.94. The molecule has 3 rings (SSSR count). The average molecular weight is 299 g/mol. The van der Waals surface area contributed by atoms with Gasteiger partial charge in [0.05, 0.1) is 23.1 Å². The summed E-state index contributed by atoms with van der Waals surface area (Å²) in [5.74, 6) is -1.63. The summed E-state index contributed by atoms with van der Waals surface area (Å²) in [4.78, 5) is 34.1. The lowest BCUT2D eigenvalue weighted by atomic mass is 9.90. The van der Waals surface area contributed by atoms with Gasteiger partial charge in [0.15, 0.2) is 0 Å². The fourth-order valence-corrected chi connectivity index (χ4v) is 2.97. The van der Waals surface area contributed by atoms with Crippen LogP contribution in [0.4, 0.5) is 0 Å². The molecule has 0 bridgehead atoms. The van der Waals surface area contributed by atoms with Gasteiger partial charge in [0.1, 0.15) is 5.69 Å². The maximum atomic E-state index is 12.7. The second kappa shape index (κ2) is 5.71. The summed E-state index contributed by atoms with van der Waals surface area (Å²) in [5.41, 5.74) is 1.65. The first-order chi connectivity index (χ1) is 10.6. The topological polar surface area (TPSA) is 83.4 Å². The summed E-state index contributed by atoms with van der Waals surface area (Å²) in [6.07, 6.45) is 2.75. The van der Waals surface area contributed by atoms with Crippen molar-refractivity contribution in [2.75, 3.05) is 6.54 Å². The Kier molecular flexibility index (Phi) is 3.75. The number of fused-ring (bicyclic) bond motifs is 1. The Morgan fingerprint density at radius 1 is 1.27 bits per heavy atom. The first kappa shape index (κ1) is 14.4. The summed E-state index contributed by atoms with van der Waals surface area (Å²) in [6, 6.07) is 7.00. The molecule has 114 valence electrons. The molecule has 22 heavy (non-hydrogen) atoms. The van der Waals surface area contributed by atoms with E-state index in [4.69, 9.17) is 0 Å². The van der Waals surface area contributed by atoms with Gasteiger partial charge in [0.25, 0.3) is 5.91 Å². The zero-order valence-electron chi connectivity index (χ0n) is 12.3. The fourth-order valence-electron chi connectivity index (χ4n) is 2.97. The van der Waals surface area contributed by atoms with Gasteiger partial charge in [0.2, 0.25) is 0 Å². The summed E-state index contributed by atoms with van der Waals surface area (Å²) < 4.78 is 0. The summed E-state index contributed by atoms with van der Waals surface area (Å²) in [7, 11) is 0. The number of amides is 1. The van der Waals surface area contributed by atoms with Crippen LogP contribution in [0.25, 0.3) is 11.0 Å². The number of rotatable bonds is 2. The molecule has 0 saturated carbocycles. The number of hydrogen-bond acceptors (Lipinski definition) is 4. The first-order valence-electron chi connectivity index (χ1n) is 7.33. The number of aliphatic carboxylic acids is 1. The van der Waals surface area contributed by atoms with E-state index in [1.54, 1.807) is 17.9 Å². The SMILES string of the molecule is C[C@@H]1[C@H](C(=O)O)CCCN1C(=O)c1cnc2ccccc2n1. The van der Waals surface area contributed by atoms with Gasteiger partial charge in [-0.15, -0.1) is 0 Å². The minimum Gasteiger partial charge on any atom is -0.481 e. The highest BCUT2D eigenvalue weighted by atomic mass is 16.4. The van der Waals surface area contributed by atoms with Crippen LogP contribution in [0.15, 0.2) is 30.5 Å². The van der Waals surface area contributed by atoms with Crippen molar-refractivity contribution in [3.63, 3.8) is 0 Å². The molecule has 1 aliphatic heterocycles. The molecule has 1 aromatic heterocycles. The number of hydrogen-bond donors (Lipinski definition) is 1. The summed E-state index contributed by atoms with van der Waals surface area (Å²) in [5, 5.41) is 9.25. The van der Waals surface area contributed by atoms with Crippen molar-refractivity contribution in [2.24, 2.45) is 5.92 Å². The molecule has 1 fully saturated rings. The van der Waals surface area contributed by atoms with E-state index in [9.17, 15) is 14.7 Å². The number of carbonyl (C=O) groups is 2. The Hall–Kier alpha value is -2.50. The predicted octanol–water partition coefficient (Wildman–Crippen LogP) is 1.96. The van der Waals surface area contributed by atoms with E-state index in [-0.39, 0.29) is 17.6 Å². The molecular formula is C16H17N3O3. The molecular weight excluding hydrogens is 282 g/mol. The van der Waals surface area contributed by atoms with E-state index in [0.717, 1.165) is 5.52 Å². The van der Waals surface area contributed by atoms with Crippen LogP contribution < -0.4 is 0 Å². The molecule has 6 heteroatoms. The highest BCUT2D eigenvalue weighted by Gasteiger charge is 2.36. The van der Waals surface area contributed by atoms with Crippen molar-refractivity contribution in [3.8, 4) is 0 Å². The van der Waals surface area contributed by atoms with Crippen LogP contribution >= 0.6 is 0 Å². The van der Waals surface area contributed by atoms with Crippen LogP contribution in [-0.2, 0) is 4.79 Å². The Morgan fingerprint density at radius 2 is 2.00 bits per heavy atom. The lowest BCUT2D eigenvalue weighted by molar-refractivity contribution is -0.144. The Morgan fingerprint density at radius 3 is 2.73 bits per heavy atom. The van der Waals surface area contributed by atoms with Crippen LogP contribution in [0.2, 0.25) is 0 Å². The number of carboxylic acids is 1. The number of piperidine rings is 1. The van der Waals surface area contributed by atoms with Crippen molar-refractivity contribution in [2.45, 2.75) is 25.8 Å². The summed E-state index contributed by atoms with van der Waals surface area (Å²) >= 11 is 0. The molecule has 0 unspecified atom stereocenters. The van der Waals surface area contributed by atoms with Gasteiger partial charge in [-0.25, -0.2) is 4.98 Å². The molecule has 6 nitrogen and oxygen atoms in total. The van der Waals surface area contributed by atoms with Crippen molar-refractivity contribution < 1.29 is 14.7 Å². The second-order valence-corrected chi connectivity index (χ2v) is 5.57. The molecule has 1 aliphatic rings. The van der Waals surface area contributed by atoms with Crippen LogP contribution in [0.5, 0.6) is 0 Å². The third-order valence-electron chi connectivity index (χ3n) is 4.23. The van der Waals surface area contributed by atoms with E-state index >= 15 is 0 Å². The van der Waals surface area contributed by atoms with Crippen molar-refractivity contribution in [3.05, 3.63) is 36.2 Å². The van der Waals surface area contributed by atoms with E-state index < -0.39 is 11.9 Å². The minimum absolute atomic E-state index is 0.253. The zero-order chi connectivity index (χ0) is 15.7. The lowest BCUT2D eigenvalue weighted by Gasteiger charge is -2.37. The largest absolute Gasteiger partial charge is 0.481 e. The zero-order valence-corrected chi connectivity index (χ0v) is 12.3. The van der Waals surface area contributed by atoms with E-state index in [1.165, 1.54) is 6.20 Å². The molecule has 0 spiro atoms. The van der Waals surface area contributed by atoms with Gasteiger partial charge in [-0.05, 0) is 31.9 Å². The molecule has 1 N–H and O–H groups in total. The van der Waals surface area contributed by atoms with E-state index in [2.05, 4.69) is 9.97 Å². The van der Waals surface area contributed by atoms with Gasteiger partial charge in [-0.1, -0.05) is 12.1 Å². The highest BCUT2D eigenvalue weighted by Crippen LogP contribution is 2.25. The number of para-hydroxylation sites is 2. The Labute approximate surface area is 127 Å². The predicted molar refractivity (Wildman–Crippen MR) is 80.4 cm³/mol. The lowest BCUT2D eigenvalue weighted by Crippen LogP contribution is -2.49. The molecule has 0 aliphatic carbocycles. The van der Waals surface area contributed by atoms with Crippen molar-refractivity contribution in [1.82, 2.24) is 14.9 Å². The van der Waals surface area contributed by atoms with Gasteiger partial charge < -0.3 is 10.0 Å². The first-order valence-corrected chi connectivity index (χ1v) is 7.33. The molecule has 1 amide bonds. The number of likely N-dealkylation sites (tertiary alicyclic amines) is 1. The monoisotopic (exact) mass is 299 g/mol. The van der Waals surface area contributed by atoms with E-state index in [0.29, 0.717) is 24.9 Å². The number of carboxylic acid groups (broad SMARTS) is 1. The average Bonchev–Trinajstić information content (AvgIpc) is 2.53. The molecule has 2 aromatic rings. The molecule has 1 aromatic carbocycles. The minimum atomic E-state index is -0.852. The number of benzene rings is 1. The molecule has 2 atom stereocenters. The van der Waals surface area contributed by atoms with Gasteiger partial charge in [0, 0.05) is 12.6 Å². The Balaban J connectivity index is 1.89. The third kappa shape index (κ3) is 2.52. The van der Waals surface area contributed by atoms with Crippen LogP contribution in [0.1, 0.15) is 30.3 Å². The molecule has 0 radical (unpaired) electrons. The van der Waals surface area contributed by atoms with Crippen LogP contribution in [-0.4, -0.2) is 44.4 Å². The van der Waals surface area contributed by atoms with Crippen molar-refractivity contribution in [1.29, 1.82) is 0 Å². The summed E-state index contributed by atoms with van der Waals surface area (Å²) in [6.45, 7) is 2.34. The molecule has 1 saturated heterocycles. The third-order valence-corrected chi connectivity index (χ3v) is 4.23. The van der Waals surface area contributed by atoms with Crippen molar-refractivity contribution >= 4 is 22.9 Å². The maximum absolute atomic E-state index is 12.7. The Bertz CT molecular complexity index is 731. The fraction of sp³-hybridized carbons (Fsp3) is 0.375. The number of nitrogens with zero attached hydrogens (tertiary/aromatic N) is 3. The van der Waals surface area contributed by atoms with Gasteiger partial charge >= 0.3 is 5.97 Å². The quantitative estimate of drug-likeness (QED) is 0.916. The van der Waals surface area contributed by atoms with Crippen LogP contribution in [0.3, 0.4) is 0 Å². The maximum Gasteiger partial charge on any atom is 0.308 e. The smallest absolute Gasteiger partial charge is 0.308 e. The standard InChI is InChI=1S/C16H17N3O3/c1-10-11(16(21)22)5-4-8-19(10)15(20)14-9-17-12-6-2-3-7-13(12)18-14/h2-3,6-7,9-11H,4-5,8H2,1H3,(H,21,22)/t10-,11-/m1/s1. The second-order valence-electron chi connectivity index (χ2n) is 5.57. The molecule has 2 heterocycles. The van der Waals surface area contributed by atoms with Gasteiger partial charge in [-0.2, -0.15) is 0 Å².